The summed E-state index contributed by atoms with van der Waals surface area (Å²) in [6.07, 6.45) is 3.62. The Morgan fingerprint density at radius 1 is 0.840 bits per heavy atom. The van der Waals surface area contributed by atoms with Crippen molar-refractivity contribution in [2.75, 3.05) is 19.6 Å². The lowest BCUT2D eigenvalue weighted by atomic mass is 9.94. The topological polar surface area (TPSA) is 20.3 Å². The molecule has 1 aliphatic heterocycles. The third kappa shape index (κ3) is 4.28. The van der Waals surface area contributed by atoms with Crippen LogP contribution in [0, 0.1) is 11.6 Å². The van der Waals surface area contributed by atoms with Crippen LogP contribution in [0.2, 0.25) is 0 Å². The summed E-state index contributed by atoms with van der Waals surface area (Å²) in [6, 6.07) is 12.2. The lowest BCUT2D eigenvalue weighted by molar-refractivity contribution is -0.113. The van der Waals surface area contributed by atoms with Gasteiger partial charge in [-0.3, -0.25) is 9.69 Å². The highest BCUT2D eigenvalue weighted by Gasteiger charge is 2.25. The predicted molar refractivity (Wildman–Crippen MR) is 95.9 cm³/mol. The minimum absolute atomic E-state index is 0.0154. The van der Waals surface area contributed by atoms with E-state index in [4.69, 9.17) is 0 Å². The van der Waals surface area contributed by atoms with Crippen molar-refractivity contribution in [3.05, 3.63) is 82.4 Å². The fourth-order valence-electron chi connectivity index (χ4n) is 2.85. The fraction of sp³-hybridized carbons (Fsp3) is 0.190. The predicted octanol–water partition coefficient (Wildman–Crippen LogP) is 4.34. The van der Waals surface area contributed by atoms with Crippen molar-refractivity contribution < 1.29 is 13.6 Å². The van der Waals surface area contributed by atoms with Gasteiger partial charge in [0.1, 0.15) is 11.6 Å². The molecule has 0 saturated carbocycles. The molecule has 2 aromatic carbocycles. The molecule has 4 heteroatoms. The van der Waals surface area contributed by atoms with Crippen LogP contribution in [0.15, 0.2) is 59.7 Å². The first kappa shape index (κ1) is 17.2. The SMILES string of the molecule is CCN1C/C(=C/c2ccc(F)cc2)C(=O)/C(=C/c2ccc(F)cc2)C1. The Bertz CT molecular complexity index is 752. The summed E-state index contributed by atoms with van der Waals surface area (Å²) >= 11 is 0. The highest BCUT2D eigenvalue weighted by molar-refractivity contribution is 6.14. The summed E-state index contributed by atoms with van der Waals surface area (Å²) in [5, 5.41) is 0. The van der Waals surface area contributed by atoms with E-state index in [0.29, 0.717) is 24.2 Å². The minimum Gasteiger partial charge on any atom is -0.295 e. The second-order valence-corrected chi connectivity index (χ2v) is 6.07. The molecule has 0 aromatic heterocycles. The van der Waals surface area contributed by atoms with E-state index in [0.717, 1.165) is 17.7 Å². The van der Waals surface area contributed by atoms with Crippen molar-refractivity contribution in [1.29, 1.82) is 0 Å². The molecule has 1 saturated heterocycles. The number of likely N-dealkylation sites (tertiary alicyclic amines) is 1. The summed E-state index contributed by atoms with van der Waals surface area (Å²) in [7, 11) is 0. The highest BCUT2D eigenvalue weighted by Crippen LogP contribution is 2.22. The van der Waals surface area contributed by atoms with Crippen molar-refractivity contribution in [2.24, 2.45) is 0 Å². The molecule has 3 rings (SSSR count). The van der Waals surface area contributed by atoms with Gasteiger partial charge in [-0.2, -0.15) is 0 Å². The van der Waals surface area contributed by atoms with E-state index in [1.165, 1.54) is 24.3 Å². The number of ketones is 1. The minimum atomic E-state index is -0.302. The number of likely N-dealkylation sites (N-methyl/N-ethyl adjacent to an activating group) is 1. The van der Waals surface area contributed by atoms with E-state index in [1.54, 1.807) is 24.3 Å². The molecule has 2 aromatic rings. The van der Waals surface area contributed by atoms with Crippen molar-refractivity contribution in [2.45, 2.75) is 6.92 Å². The van der Waals surface area contributed by atoms with Crippen LogP contribution in [-0.4, -0.2) is 30.3 Å². The van der Waals surface area contributed by atoms with Crippen LogP contribution in [0.3, 0.4) is 0 Å². The maximum Gasteiger partial charge on any atom is 0.187 e. The van der Waals surface area contributed by atoms with Gasteiger partial charge in [0.2, 0.25) is 0 Å². The summed E-state index contributed by atoms with van der Waals surface area (Å²) in [5.41, 5.74) is 2.94. The zero-order valence-corrected chi connectivity index (χ0v) is 14.0. The molecular formula is C21H19F2NO. The van der Waals surface area contributed by atoms with Crippen LogP contribution >= 0.6 is 0 Å². The number of benzene rings is 2. The second-order valence-electron chi connectivity index (χ2n) is 6.07. The quantitative estimate of drug-likeness (QED) is 0.776. The number of hydrogen-bond donors (Lipinski definition) is 0. The van der Waals surface area contributed by atoms with Crippen LogP contribution in [0.25, 0.3) is 12.2 Å². The van der Waals surface area contributed by atoms with E-state index in [9.17, 15) is 13.6 Å². The average Bonchev–Trinajstić information content (AvgIpc) is 2.62. The summed E-state index contributed by atoms with van der Waals surface area (Å²) in [5.74, 6) is -0.619. The van der Waals surface area contributed by atoms with Gasteiger partial charge in [0.05, 0.1) is 0 Å². The maximum absolute atomic E-state index is 13.1. The van der Waals surface area contributed by atoms with Gasteiger partial charge in [0, 0.05) is 24.2 Å². The number of nitrogens with zero attached hydrogens (tertiary/aromatic N) is 1. The average molecular weight is 339 g/mol. The van der Waals surface area contributed by atoms with E-state index >= 15 is 0 Å². The van der Waals surface area contributed by atoms with Crippen LogP contribution in [0.1, 0.15) is 18.1 Å². The first-order valence-electron chi connectivity index (χ1n) is 8.24. The number of Topliss-reactive ketones (excluding diaryl/α,β-unsaturated/α-hetero) is 1. The lowest BCUT2D eigenvalue weighted by Crippen LogP contribution is -2.37. The van der Waals surface area contributed by atoms with Gasteiger partial charge in [-0.15, -0.1) is 0 Å². The van der Waals surface area contributed by atoms with Crippen molar-refractivity contribution in [3.63, 3.8) is 0 Å². The third-order valence-electron chi connectivity index (χ3n) is 4.24. The summed E-state index contributed by atoms with van der Waals surface area (Å²) in [6.45, 7) is 3.98. The van der Waals surface area contributed by atoms with Gasteiger partial charge < -0.3 is 0 Å². The monoisotopic (exact) mass is 339 g/mol. The molecule has 0 spiro atoms. The number of rotatable bonds is 3. The Labute approximate surface area is 146 Å². The zero-order valence-electron chi connectivity index (χ0n) is 14.0. The molecule has 1 fully saturated rings. The maximum atomic E-state index is 13.1. The molecule has 1 aliphatic rings. The molecule has 0 unspecified atom stereocenters. The van der Waals surface area contributed by atoms with Crippen molar-refractivity contribution >= 4 is 17.9 Å². The number of carbonyl (C=O) groups is 1. The molecule has 0 radical (unpaired) electrons. The largest absolute Gasteiger partial charge is 0.295 e. The first-order chi connectivity index (χ1) is 12.0. The Morgan fingerprint density at radius 2 is 1.24 bits per heavy atom. The molecule has 25 heavy (non-hydrogen) atoms. The molecule has 0 bridgehead atoms. The standard InChI is InChI=1S/C21H19F2NO/c1-2-24-13-17(11-15-3-7-19(22)8-4-15)21(25)18(14-24)12-16-5-9-20(23)10-6-16/h3-12H,2,13-14H2,1H3/b17-11-,18-12+. The number of piperidine rings is 1. The normalized spacial score (nSPS) is 18.9. The molecule has 128 valence electrons. The Morgan fingerprint density at radius 3 is 1.60 bits per heavy atom. The highest BCUT2D eigenvalue weighted by atomic mass is 19.1. The van der Waals surface area contributed by atoms with Crippen LogP contribution in [0.4, 0.5) is 8.78 Å². The summed E-state index contributed by atoms with van der Waals surface area (Å²) < 4.78 is 26.1. The Hall–Kier alpha value is -2.59. The van der Waals surface area contributed by atoms with Crippen LogP contribution in [-0.2, 0) is 4.79 Å². The first-order valence-corrected chi connectivity index (χ1v) is 8.24. The van der Waals surface area contributed by atoms with Gasteiger partial charge in [-0.25, -0.2) is 8.78 Å². The lowest BCUT2D eigenvalue weighted by Gasteiger charge is -2.28. The number of carbonyl (C=O) groups excluding carboxylic acids is 1. The zero-order chi connectivity index (χ0) is 17.8. The van der Waals surface area contributed by atoms with Gasteiger partial charge >= 0.3 is 0 Å². The molecule has 1 heterocycles. The van der Waals surface area contributed by atoms with Gasteiger partial charge in [-0.05, 0) is 54.1 Å². The van der Waals surface area contributed by atoms with Crippen molar-refractivity contribution in [1.82, 2.24) is 4.90 Å². The van der Waals surface area contributed by atoms with E-state index < -0.39 is 0 Å². The number of hydrogen-bond acceptors (Lipinski definition) is 2. The van der Waals surface area contributed by atoms with Crippen LogP contribution < -0.4 is 0 Å². The fourth-order valence-corrected chi connectivity index (χ4v) is 2.85. The Kier molecular flexibility index (Phi) is 5.19. The molecule has 0 amide bonds. The smallest absolute Gasteiger partial charge is 0.187 e. The van der Waals surface area contributed by atoms with E-state index in [1.807, 2.05) is 19.1 Å². The molecule has 0 atom stereocenters. The number of halogens is 2. The molecule has 0 aliphatic carbocycles. The van der Waals surface area contributed by atoms with Gasteiger partial charge in [0.25, 0.3) is 0 Å². The van der Waals surface area contributed by atoms with E-state index in [-0.39, 0.29) is 17.4 Å². The van der Waals surface area contributed by atoms with Gasteiger partial charge in [0.15, 0.2) is 5.78 Å². The molecule has 0 N–H and O–H groups in total. The van der Waals surface area contributed by atoms with Gasteiger partial charge in [-0.1, -0.05) is 31.2 Å². The third-order valence-corrected chi connectivity index (χ3v) is 4.24. The van der Waals surface area contributed by atoms with Crippen LogP contribution in [0.5, 0.6) is 0 Å². The second kappa shape index (κ2) is 7.53. The summed E-state index contributed by atoms with van der Waals surface area (Å²) in [4.78, 5) is 15.0. The van der Waals surface area contributed by atoms with Crippen molar-refractivity contribution in [3.8, 4) is 0 Å². The van der Waals surface area contributed by atoms with E-state index in [2.05, 4.69) is 4.90 Å². The Balaban J connectivity index is 1.93. The molecular weight excluding hydrogens is 320 g/mol. The molecule has 2 nitrogen and oxygen atoms in total.